The summed E-state index contributed by atoms with van der Waals surface area (Å²) in [5.41, 5.74) is 2.97. The molecule has 3 heteroatoms. The molecule has 0 bridgehead atoms. The Morgan fingerprint density at radius 3 is 3.00 bits per heavy atom. The van der Waals surface area contributed by atoms with Gasteiger partial charge in [0.1, 0.15) is 5.75 Å². The van der Waals surface area contributed by atoms with E-state index in [4.69, 9.17) is 4.74 Å². The molecule has 1 fully saturated rings. The van der Waals surface area contributed by atoms with Gasteiger partial charge < -0.3 is 10.1 Å². The van der Waals surface area contributed by atoms with Crippen LogP contribution in [-0.4, -0.2) is 20.2 Å². The normalized spacial score (nSPS) is 26.6. The molecule has 2 aliphatic rings. The Labute approximate surface area is 103 Å². The predicted octanol–water partition coefficient (Wildman–Crippen LogP) is 2.37. The Bertz CT molecular complexity index is 366. The van der Waals surface area contributed by atoms with E-state index in [9.17, 15) is 0 Å². The first-order valence-electron chi connectivity index (χ1n) is 5.76. The standard InChI is InChI=1S/C13H17NO.ClH/c1-15-12-4-2-3-9-5-6-10-7-14-8-11(10)13(9)12;/h2-4,10-11,14H,5-8H2,1H3;1H. The van der Waals surface area contributed by atoms with Gasteiger partial charge in [0.05, 0.1) is 7.11 Å². The van der Waals surface area contributed by atoms with Gasteiger partial charge in [-0.25, -0.2) is 0 Å². The van der Waals surface area contributed by atoms with Gasteiger partial charge in [-0.3, -0.25) is 0 Å². The summed E-state index contributed by atoms with van der Waals surface area (Å²) in [7, 11) is 1.78. The molecule has 2 nitrogen and oxygen atoms in total. The summed E-state index contributed by atoms with van der Waals surface area (Å²) in [6.07, 6.45) is 2.55. The zero-order valence-corrected chi connectivity index (χ0v) is 10.3. The summed E-state index contributed by atoms with van der Waals surface area (Å²) in [5, 5.41) is 3.50. The lowest BCUT2D eigenvalue weighted by Crippen LogP contribution is -2.19. The summed E-state index contributed by atoms with van der Waals surface area (Å²) in [6.45, 7) is 2.31. The lowest BCUT2D eigenvalue weighted by atomic mass is 9.76. The number of hydrogen-bond donors (Lipinski definition) is 1. The van der Waals surface area contributed by atoms with Crippen LogP contribution in [-0.2, 0) is 6.42 Å². The highest BCUT2D eigenvalue weighted by molar-refractivity contribution is 5.85. The number of ether oxygens (including phenoxy) is 1. The summed E-state index contributed by atoms with van der Waals surface area (Å²) in [6, 6.07) is 6.46. The Balaban J connectivity index is 0.000000963. The molecular formula is C13H18ClNO. The molecule has 0 amide bonds. The summed E-state index contributed by atoms with van der Waals surface area (Å²) < 4.78 is 5.49. The van der Waals surface area contributed by atoms with E-state index < -0.39 is 0 Å². The maximum absolute atomic E-state index is 5.49. The molecular weight excluding hydrogens is 222 g/mol. The van der Waals surface area contributed by atoms with E-state index in [2.05, 4.69) is 23.5 Å². The fraction of sp³-hybridized carbons (Fsp3) is 0.538. The third-order valence-corrected chi connectivity index (χ3v) is 3.87. The molecule has 0 saturated carbocycles. The van der Waals surface area contributed by atoms with Crippen LogP contribution in [0.25, 0.3) is 0 Å². The topological polar surface area (TPSA) is 21.3 Å². The van der Waals surface area contributed by atoms with E-state index in [0.717, 1.165) is 18.2 Å². The molecule has 1 aliphatic carbocycles. The molecule has 3 rings (SSSR count). The van der Waals surface area contributed by atoms with Gasteiger partial charge in [0.25, 0.3) is 0 Å². The largest absolute Gasteiger partial charge is 0.496 e. The molecule has 1 saturated heterocycles. The molecule has 88 valence electrons. The Kier molecular flexibility index (Phi) is 3.41. The van der Waals surface area contributed by atoms with Gasteiger partial charge in [0.15, 0.2) is 0 Å². The zero-order valence-electron chi connectivity index (χ0n) is 9.53. The minimum atomic E-state index is 0. The molecule has 2 atom stereocenters. The van der Waals surface area contributed by atoms with Crippen molar-refractivity contribution in [1.29, 1.82) is 0 Å². The highest BCUT2D eigenvalue weighted by Crippen LogP contribution is 2.42. The average molecular weight is 240 g/mol. The highest BCUT2D eigenvalue weighted by atomic mass is 35.5. The van der Waals surface area contributed by atoms with E-state index in [-0.39, 0.29) is 12.4 Å². The van der Waals surface area contributed by atoms with Crippen LogP contribution in [0, 0.1) is 5.92 Å². The van der Waals surface area contributed by atoms with E-state index in [1.165, 1.54) is 30.5 Å². The fourth-order valence-corrected chi connectivity index (χ4v) is 3.12. The van der Waals surface area contributed by atoms with E-state index >= 15 is 0 Å². The monoisotopic (exact) mass is 239 g/mol. The second kappa shape index (κ2) is 4.64. The first-order valence-corrected chi connectivity index (χ1v) is 5.76. The molecule has 1 aromatic carbocycles. The van der Waals surface area contributed by atoms with Crippen LogP contribution >= 0.6 is 12.4 Å². The van der Waals surface area contributed by atoms with Crippen LogP contribution in [0.1, 0.15) is 23.5 Å². The minimum absolute atomic E-state index is 0. The number of fused-ring (bicyclic) bond motifs is 3. The molecule has 1 N–H and O–H groups in total. The van der Waals surface area contributed by atoms with Crippen molar-refractivity contribution in [2.24, 2.45) is 5.92 Å². The SMILES string of the molecule is COc1cccc2c1C1CNCC1CC2.Cl. The van der Waals surface area contributed by atoms with E-state index in [1.807, 2.05) is 0 Å². The molecule has 1 heterocycles. The number of halogens is 1. The lowest BCUT2D eigenvalue weighted by Gasteiger charge is -2.28. The Hall–Kier alpha value is -0.730. The van der Waals surface area contributed by atoms with Crippen molar-refractivity contribution in [1.82, 2.24) is 5.32 Å². The van der Waals surface area contributed by atoms with Crippen LogP contribution < -0.4 is 10.1 Å². The number of aryl methyl sites for hydroxylation is 1. The summed E-state index contributed by atoms with van der Waals surface area (Å²) in [4.78, 5) is 0. The second-order valence-electron chi connectivity index (χ2n) is 4.60. The van der Waals surface area contributed by atoms with Crippen molar-refractivity contribution in [3.05, 3.63) is 29.3 Å². The summed E-state index contributed by atoms with van der Waals surface area (Å²) in [5.74, 6) is 2.60. The molecule has 16 heavy (non-hydrogen) atoms. The number of nitrogens with one attached hydrogen (secondary N) is 1. The van der Waals surface area contributed by atoms with Crippen LogP contribution in [0.15, 0.2) is 18.2 Å². The van der Waals surface area contributed by atoms with Crippen LogP contribution in [0.5, 0.6) is 5.75 Å². The van der Waals surface area contributed by atoms with Gasteiger partial charge in [-0.2, -0.15) is 0 Å². The van der Waals surface area contributed by atoms with E-state index in [0.29, 0.717) is 5.92 Å². The predicted molar refractivity (Wildman–Crippen MR) is 67.7 cm³/mol. The quantitative estimate of drug-likeness (QED) is 0.813. The smallest absolute Gasteiger partial charge is 0.122 e. The van der Waals surface area contributed by atoms with Crippen LogP contribution in [0.4, 0.5) is 0 Å². The first-order chi connectivity index (χ1) is 7.40. The average Bonchev–Trinajstić information content (AvgIpc) is 2.76. The van der Waals surface area contributed by atoms with Crippen molar-refractivity contribution in [2.75, 3.05) is 20.2 Å². The maximum atomic E-state index is 5.49. The second-order valence-corrected chi connectivity index (χ2v) is 4.60. The fourth-order valence-electron chi connectivity index (χ4n) is 3.12. The van der Waals surface area contributed by atoms with Crippen molar-refractivity contribution in [3.8, 4) is 5.75 Å². The van der Waals surface area contributed by atoms with Crippen molar-refractivity contribution < 1.29 is 4.74 Å². The summed E-state index contributed by atoms with van der Waals surface area (Å²) >= 11 is 0. The molecule has 2 unspecified atom stereocenters. The molecule has 0 spiro atoms. The number of rotatable bonds is 1. The highest BCUT2D eigenvalue weighted by Gasteiger charge is 2.34. The molecule has 1 aliphatic heterocycles. The third-order valence-electron chi connectivity index (χ3n) is 3.87. The molecule has 1 aromatic rings. The van der Waals surface area contributed by atoms with Gasteiger partial charge in [0, 0.05) is 18.0 Å². The minimum Gasteiger partial charge on any atom is -0.496 e. The van der Waals surface area contributed by atoms with E-state index in [1.54, 1.807) is 7.11 Å². The van der Waals surface area contributed by atoms with Crippen LogP contribution in [0.2, 0.25) is 0 Å². The Morgan fingerprint density at radius 2 is 2.19 bits per heavy atom. The third kappa shape index (κ3) is 1.70. The van der Waals surface area contributed by atoms with Gasteiger partial charge in [0.2, 0.25) is 0 Å². The van der Waals surface area contributed by atoms with Gasteiger partial charge >= 0.3 is 0 Å². The first kappa shape index (κ1) is 11.7. The van der Waals surface area contributed by atoms with Crippen LogP contribution in [0.3, 0.4) is 0 Å². The van der Waals surface area contributed by atoms with Crippen molar-refractivity contribution in [3.63, 3.8) is 0 Å². The zero-order chi connectivity index (χ0) is 10.3. The van der Waals surface area contributed by atoms with Gasteiger partial charge in [-0.15, -0.1) is 12.4 Å². The number of methoxy groups -OCH3 is 1. The number of hydrogen-bond acceptors (Lipinski definition) is 2. The van der Waals surface area contributed by atoms with Gasteiger partial charge in [-0.1, -0.05) is 12.1 Å². The number of benzene rings is 1. The maximum Gasteiger partial charge on any atom is 0.122 e. The van der Waals surface area contributed by atoms with Crippen molar-refractivity contribution in [2.45, 2.75) is 18.8 Å². The lowest BCUT2D eigenvalue weighted by molar-refractivity contribution is 0.384. The molecule has 0 radical (unpaired) electrons. The Morgan fingerprint density at radius 1 is 1.31 bits per heavy atom. The van der Waals surface area contributed by atoms with Crippen molar-refractivity contribution >= 4 is 12.4 Å². The van der Waals surface area contributed by atoms with Gasteiger partial charge in [-0.05, 0) is 36.9 Å². The molecule has 0 aromatic heterocycles.